The lowest BCUT2D eigenvalue weighted by molar-refractivity contribution is 0.0953. The molecule has 2 aromatic heterocycles. The molecule has 18 heavy (non-hydrogen) atoms. The van der Waals surface area contributed by atoms with Crippen LogP contribution in [0.3, 0.4) is 0 Å². The zero-order valence-corrected chi connectivity index (χ0v) is 11.8. The van der Waals surface area contributed by atoms with Gasteiger partial charge in [-0.2, -0.15) is 0 Å². The van der Waals surface area contributed by atoms with Gasteiger partial charge >= 0.3 is 0 Å². The number of nitrogens with one attached hydrogen (secondary N) is 2. The van der Waals surface area contributed by atoms with Crippen molar-refractivity contribution in [2.75, 3.05) is 6.54 Å². The van der Waals surface area contributed by atoms with Crippen LogP contribution in [0.4, 0.5) is 0 Å². The van der Waals surface area contributed by atoms with Gasteiger partial charge in [0, 0.05) is 29.9 Å². The second kappa shape index (κ2) is 5.97. The fourth-order valence-electron chi connectivity index (χ4n) is 1.47. The van der Waals surface area contributed by atoms with Gasteiger partial charge in [0.1, 0.15) is 5.56 Å². The lowest BCUT2D eigenvalue weighted by Gasteiger charge is -2.03. The first kappa shape index (κ1) is 13.0. The zero-order chi connectivity index (χ0) is 13.0. The molecule has 0 unspecified atom stereocenters. The largest absolute Gasteiger partial charge is 0.367 e. The first-order valence-electron chi connectivity index (χ1n) is 5.36. The number of amides is 1. The summed E-state index contributed by atoms with van der Waals surface area (Å²) >= 11 is 5.02. The SMILES string of the molecule is O=C(NCCc1ccc(Br)s1)c1c[nH]ccc1=O. The predicted molar refractivity (Wildman–Crippen MR) is 75.1 cm³/mol. The maximum atomic E-state index is 11.7. The molecule has 0 aliphatic heterocycles. The minimum absolute atomic E-state index is 0.143. The Balaban J connectivity index is 1.89. The maximum absolute atomic E-state index is 11.7. The van der Waals surface area contributed by atoms with Crippen molar-refractivity contribution in [3.63, 3.8) is 0 Å². The number of thiophene rings is 1. The van der Waals surface area contributed by atoms with Crippen molar-refractivity contribution in [2.24, 2.45) is 0 Å². The monoisotopic (exact) mass is 326 g/mol. The van der Waals surface area contributed by atoms with Crippen LogP contribution in [0.2, 0.25) is 0 Å². The van der Waals surface area contributed by atoms with Crippen molar-refractivity contribution in [2.45, 2.75) is 6.42 Å². The minimum Gasteiger partial charge on any atom is -0.367 e. The van der Waals surface area contributed by atoms with Crippen LogP contribution in [0.1, 0.15) is 15.2 Å². The van der Waals surface area contributed by atoms with E-state index in [2.05, 4.69) is 26.2 Å². The van der Waals surface area contributed by atoms with Crippen LogP contribution in [-0.4, -0.2) is 17.4 Å². The number of carbonyl (C=O) groups excluding carboxylic acids is 1. The van der Waals surface area contributed by atoms with Gasteiger partial charge in [-0.05, 0) is 34.5 Å². The Bertz CT molecular complexity index is 606. The van der Waals surface area contributed by atoms with Crippen molar-refractivity contribution in [3.8, 4) is 0 Å². The molecule has 0 bridgehead atoms. The zero-order valence-electron chi connectivity index (χ0n) is 9.40. The number of hydrogen-bond acceptors (Lipinski definition) is 3. The molecular formula is C12H11BrN2O2S. The molecule has 94 valence electrons. The van der Waals surface area contributed by atoms with Gasteiger partial charge in [0.15, 0.2) is 5.43 Å². The van der Waals surface area contributed by atoms with Gasteiger partial charge < -0.3 is 10.3 Å². The van der Waals surface area contributed by atoms with E-state index in [1.54, 1.807) is 11.3 Å². The van der Waals surface area contributed by atoms with Crippen LogP contribution in [0.25, 0.3) is 0 Å². The van der Waals surface area contributed by atoms with E-state index < -0.39 is 0 Å². The van der Waals surface area contributed by atoms with Crippen molar-refractivity contribution in [1.82, 2.24) is 10.3 Å². The Hall–Kier alpha value is -1.40. The van der Waals surface area contributed by atoms with Crippen molar-refractivity contribution >= 4 is 33.2 Å². The van der Waals surface area contributed by atoms with Gasteiger partial charge in [-0.25, -0.2) is 0 Å². The summed E-state index contributed by atoms with van der Waals surface area (Å²) in [5, 5.41) is 2.73. The molecule has 4 nitrogen and oxygen atoms in total. The van der Waals surface area contributed by atoms with E-state index in [-0.39, 0.29) is 16.9 Å². The van der Waals surface area contributed by atoms with Gasteiger partial charge in [-0.15, -0.1) is 11.3 Å². The Morgan fingerprint density at radius 2 is 2.22 bits per heavy atom. The number of pyridine rings is 1. The fourth-order valence-corrected chi connectivity index (χ4v) is 2.96. The van der Waals surface area contributed by atoms with Gasteiger partial charge in [0.05, 0.1) is 3.79 Å². The number of aromatic amines is 1. The number of carbonyl (C=O) groups is 1. The molecule has 0 aromatic carbocycles. The van der Waals surface area contributed by atoms with E-state index in [4.69, 9.17) is 0 Å². The number of H-pyrrole nitrogens is 1. The average molecular weight is 327 g/mol. The summed E-state index contributed by atoms with van der Waals surface area (Å²) in [5.74, 6) is -0.340. The smallest absolute Gasteiger partial charge is 0.256 e. The Morgan fingerprint density at radius 3 is 2.89 bits per heavy atom. The molecule has 1 amide bonds. The van der Waals surface area contributed by atoms with E-state index in [1.807, 2.05) is 12.1 Å². The molecule has 0 aliphatic rings. The van der Waals surface area contributed by atoms with Crippen LogP contribution in [-0.2, 0) is 6.42 Å². The fraction of sp³-hybridized carbons (Fsp3) is 0.167. The molecule has 0 fully saturated rings. The second-order valence-electron chi connectivity index (χ2n) is 3.63. The molecule has 2 N–H and O–H groups in total. The number of aromatic nitrogens is 1. The maximum Gasteiger partial charge on any atom is 0.256 e. The van der Waals surface area contributed by atoms with Crippen LogP contribution in [0, 0.1) is 0 Å². The normalized spacial score (nSPS) is 10.3. The van der Waals surface area contributed by atoms with Gasteiger partial charge in [0.25, 0.3) is 5.91 Å². The third kappa shape index (κ3) is 3.30. The lowest BCUT2D eigenvalue weighted by atomic mass is 10.2. The van der Waals surface area contributed by atoms with Gasteiger partial charge in [-0.3, -0.25) is 9.59 Å². The Morgan fingerprint density at radius 1 is 1.39 bits per heavy atom. The average Bonchev–Trinajstić information content (AvgIpc) is 2.75. The van der Waals surface area contributed by atoms with Crippen molar-refractivity contribution in [3.05, 3.63) is 55.0 Å². The summed E-state index contributed by atoms with van der Waals surface area (Å²) < 4.78 is 1.07. The van der Waals surface area contributed by atoms with E-state index in [1.165, 1.54) is 23.3 Å². The predicted octanol–water partition coefficient (Wildman–Crippen LogP) is 2.17. The molecule has 0 saturated carbocycles. The van der Waals surface area contributed by atoms with Crippen molar-refractivity contribution in [1.29, 1.82) is 0 Å². The van der Waals surface area contributed by atoms with Gasteiger partial charge in [0.2, 0.25) is 0 Å². The molecule has 0 aliphatic carbocycles. The third-order valence-corrected chi connectivity index (χ3v) is 4.04. The van der Waals surface area contributed by atoms with Crippen molar-refractivity contribution < 1.29 is 4.79 Å². The van der Waals surface area contributed by atoms with Crippen LogP contribution < -0.4 is 10.7 Å². The number of rotatable bonds is 4. The quantitative estimate of drug-likeness (QED) is 0.904. The molecular weight excluding hydrogens is 316 g/mol. The van der Waals surface area contributed by atoms with E-state index in [9.17, 15) is 9.59 Å². The summed E-state index contributed by atoms with van der Waals surface area (Å²) in [6, 6.07) is 5.32. The molecule has 0 spiro atoms. The number of hydrogen-bond donors (Lipinski definition) is 2. The first-order valence-corrected chi connectivity index (χ1v) is 6.97. The number of halogens is 1. The molecule has 6 heteroatoms. The van der Waals surface area contributed by atoms with Gasteiger partial charge in [-0.1, -0.05) is 0 Å². The highest BCUT2D eigenvalue weighted by Gasteiger charge is 2.08. The Kier molecular flexibility index (Phi) is 4.33. The van der Waals surface area contributed by atoms with Crippen LogP contribution in [0.5, 0.6) is 0 Å². The highest BCUT2D eigenvalue weighted by atomic mass is 79.9. The summed E-state index contributed by atoms with van der Waals surface area (Å²) in [4.78, 5) is 27.0. The minimum atomic E-state index is -0.340. The molecule has 2 aromatic rings. The Labute approximate surface area is 116 Å². The van der Waals surface area contributed by atoms with E-state index in [0.29, 0.717) is 6.54 Å². The second-order valence-corrected chi connectivity index (χ2v) is 6.18. The molecule has 0 saturated heterocycles. The highest BCUT2D eigenvalue weighted by Crippen LogP contribution is 2.21. The third-order valence-electron chi connectivity index (χ3n) is 2.35. The van der Waals surface area contributed by atoms with Crippen LogP contribution >= 0.6 is 27.3 Å². The topological polar surface area (TPSA) is 62.0 Å². The van der Waals surface area contributed by atoms with E-state index in [0.717, 1.165) is 10.2 Å². The summed E-state index contributed by atoms with van der Waals surface area (Å²) in [6.07, 6.45) is 3.68. The lowest BCUT2D eigenvalue weighted by Crippen LogP contribution is -2.29. The molecule has 0 radical (unpaired) electrons. The highest BCUT2D eigenvalue weighted by molar-refractivity contribution is 9.11. The van der Waals surface area contributed by atoms with Crippen LogP contribution in [0.15, 0.2) is 39.2 Å². The standard InChI is InChI=1S/C12H11BrN2O2S/c13-11-2-1-8(18-11)3-6-15-12(17)9-7-14-5-4-10(9)16/h1-2,4-5,7H,3,6H2,(H,14,16)(H,15,17). The first-order chi connectivity index (χ1) is 8.66. The summed E-state index contributed by atoms with van der Waals surface area (Å²) in [5.41, 5.74) is -0.130. The summed E-state index contributed by atoms with van der Waals surface area (Å²) in [7, 11) is 0. The summed E-state index contributed by atoms with van der Waals surface area (Å²) in [6.45, 7) is 0.514. The van der Waals surface area contributed by atoms with E-state index >= 15 is 0 Å². The molecule has 2 heterocycles. The molecule has 0 atom stereocenters. The molecule has 2 rings (SSSR count).